The molecule has 0 N–H and O–H groups in total. The van der Waals surface area contributed by atoms with Crippen LogP contribution in [-0.4, -0.2) is 16.1 Å². The summed E-state index contributed by atoms with van der Waals surface area (Å²) in [4.78, 5) is 11.1. The molecule has 5 heteroatoms. The second-order valence-electron chi connectivity index (χ2n) is 4.14. The molecule has 0 aliphatic heterocycles. The van der Waals surface area contributed by atoms with E-state index in [4.69, 9.17) is 11.6 Å². The Morgan fingerprint density at radius 1 is 1.50 bits per heavy atom. The second-order valence-corrected chi connectivity index (χ2v) is 5.68. The van der Waals surface area contributed by atoms with Crippen LogP contribution in [0.25, 0.3) is 11.3 Å². The first-order valence-electron chi connectivity index (χ1n) is 5.98. The van der Waals surface area contributed by atoms with Crippen molar-refractivity contribution in [1.29, 1.82) is 0 Å². The summed E-state index contributed by atoms with van der Waals surface area (Å²) in [5, 5.41) is 6.47. The molecule has 2 rings (SSSR count). The fraction of sp³-hybridized carbons (Fsp3) is 0.385. The predicted octanol–water partition coefficient (Wildman–Crippen LogP) is 4.44. The zero-order valence-corrected chi connectivity index (χ0v) is 12.0. The number of thiophene rings is 1. The third-order valence-corrected chi connectivity index (χ3v) is 4.14. The fourth-order valence-corrected chi connectivity index (χ4v) is 2.87. The number of aldehydes is 1. The quantitative estimate of drug-likeness (QED) is 0.760. The van der Waals surface area contributed by atoms with Gasteiger partial charge in [0.1, 0.15) is 5.69 Å². The summed E-state index contributed by atoms with van der Waals surface area (Å²) >= 11 is 7.37. The zero-order chi connectivity index (χ0) is 13.1. The first kappa shape index (κ1) is 13.3. The van der Waals surface area contributed by atoms with Gasteiger partial charge in [-0.25, -0.2) is 0 Å². The Balaban J connectivity index is 2.44. The molecule has 0 saturated carbocycles. The molecule has 2 heterocycles. The Labute approximate surface area is 115 Å². The van der Waals surface area contributed by atoms with E-state index >= 15 is 0 Å². The molecule has 0 bridgehead atoms. The van der Waals surface area contributed by atoms with E-state index < -0.39 is 0 Å². The standard InChI is InChI=1S/C13H15ClN2OS/c1-3-11(4-2)16-6-10(7-17)13(15-16)9-5-12(14)18-8-9/h5-8,11H,3-4H2,1-2H3. The van der Waals surface area contributed by atoms with E-state index in [0.717, 1.165) is 30.4 Å². The summed E-state index contributed by atoms with van der Waals surface area (Å²) in [5.74, 6) is 0. The molecule has 0 aliphatic rings. The molecule has 0 fully saturated rings. The Kier molecular flexibility index (Phi) is 4.19. The third kappa shape index (κ3) is 2.49. The number of halogens is 1. The highest BCUT2D eigenvalue weighted by Gasteiger charge is 2.15. The van der Waals surface area contributed by atoms with E-state index in [1.807, 2.05) is 22.3 Å². The van der Waals surface area contributed by atoms with Crippen molar-refractivity contribution in [3.63, 3.8) is 0 Å². The number of nitrogens with zero attached hydrogens (tertiary/aromatic N) is 2. The normalized spacial score (nSPS) is 11.1. The van der Waals surface area contributed by atoms with Gasteiger partial charge in [-0.05, 0) is 18.9 Å². The average molecular weight is 283 g/mol. The Morgan fingerprint density at radius 2 is 2.22 bits per heavy atom. The molecule has 0 radical (unpaired) electrons. The van der Waals surface area contributed by atoms with Crippen molar-refractivity contribution in [2.24, 2.45) is 0 Å². The largest absolute Gasteiger partial charge is 0.298 e. The van der Waals surface area contributed by atoms with E-state index in [-0.39, 0.29) is 0 Å². The van der Waals surface area contributed by atoms with Gasteiger partial charge in [0.15, 0.2) is 6.29 Å². The van der Waals surface area contributed by atoms with Gasteiger partial charge in [-0.3, -0.25) is 9.48 Å². The average Bonchev–Trinajstić information content (AvgIpc) is 2.97. The third-order valence-electron chi connectivity index (χ3n) is 3.04. The first-order valence-corrected chi connectivity index (χ1v) is 7.24. The molecule has 96 valence electrons. The molecule has 18 heavy (non-hydrogen) atoms. The zero-order valence-electron chi connectivity index (χ0n) is 10.4. The number of carbonyl (C=O) groups is 1. The monoisotopic (exact) mass is 282 g/mol. The summed E-state index contributed by atoms with van der Waals surface area (Å²) in [6.45, 7) is 4.25. The van der Waals surface area contributed by atoms with Gasteiger partial charge in [0, 0.05) is 17.1 Å². The van der Waals surface area contributed by atoms with Gasteiger partial charge in [0.05, 0.1) is 15.9 Å². The molecule has 0 atom stereocenters. The molecule has 2 aromatic rings. The fourth-order valence-electron chi connectivity index (χ4n) is 2.00. The molecular formula is C13H15ClN2OS. The van der Waals surface area contributed by atoms with E-state index in [9.17, 15) is 4.79 Å². The second kappa shape index (κ2) is 5.67. The summed E-state index contributed by atoms with van der Waals surface area (Å²) < 4.78 is 2.60. The van der Waals surface area contributed by atoms with Gasteiger partial charge < -0.3 is 0 Å². The Bertz CT molecular complexity index is 543. The number of aromatic nitrogens is 2. The molecule has 0 aromatic carbocycles. The molecule has 3 nitrogen and oxygen atoms in total. The van der Waals surface area contributed by atoms with E-state index in [0.29, 0.717) is 15.9 Å². The minimum Gasteiger partial charge on any atom is -0.298 e. The lowest BCUT2D eigenvalue weighted by molar-refractivity contribution is 0.112. The lowest BCUT2D eigenvalue weighted by atomic mass is 10.1. The lowest BCUT2D eigenvalue weighted by Crippen LogP contribution is -2.07. The Hall–Kier alpha value is -1.13. The highest BCUT2D eigenvalue weighted by Crippen LogP contribution is 2.30. The van der Waals surface area contributed by atoms with Crippen molar-refractivity contribution in [3.8, 4) is 11.3 Å². The van der Waals surface area contributed by atoms with Crippen LogP contribution < -0.4 is 0 Å². The highest BCUT2D eigenvalue weighted by atomic mass is 35.5. The van der Waals surface area contributed by atoms with Crippen molar-refractivity contribution in [2.75, 3.05) is 0 Å². The van der Waals surface area contributed by atoms with Crippen molar-refractivity contribution < 1.29 is 4.79 Å². The number of hydrogen-bond donors (Lipinski definition) is 0. The van der Waals surface area contributed by atoms with Crippen LogP contribution in [0.15, 0.2) is 17.6 Å². The van der Waals surface area contributed by atoms with E-state index in [1.165, 1.54) is 11.3 Å². The van der Waals surface area contributed by atoms with Gasteiger partial charge in [0.25, 0.3) is 0 Å². The minimum absolute atomic E-state index is 0.339. The van der Waals surface area contributed by atoms with Gasteiger partial charge in [0.2, 0.25) is 0 Å². The number of carbonyl (C=O) groups excluding carboxylic acids is 1. The molecule has 2 aromatic heterocycles. The molecular weight excluding hydrogens is 268 g/mol. The van der Waals surface area contributed by atoms with Crippen molar-refractivity contribution >= 4 is 29.2 Å². The maximum absolute atomic E-state index is 11.1. The highest BCUT2D eigenvalue weighted by molar-refractivity contribution is 7.14. The van der Waals surface area contributed by atoms with E-state index in [2.05, 4.69) is 18.9 Å². The molecule has 0 saturated heterocycles. The summed E-state index contributed by atoms with van der Waals surface area (Å²) in [7, 11) is 0. The topological polar surface area (TPSA) is 34.9 Å². The summed E-state index contributed by atoms with van der Waals surface area (Å²) in [5.41, 5.74) is 2.26. The molecule has 0 aliphatic carbocycles. The van der Waals surface area contributed by atoms with Crippen LogP contribution in [0.1, 0.15) is 43.1 Å². The molecule has 0 unspecified atom stereocenters. The smallest absolute Gasteiger partial charge is 0.153 e. The van der Waals surface area contributed by atoms with E-state index in [1.54, 1.807) is 0 Å². The summed E-state index contributed by atoms with van der Waals surface area (Å²) in [6, 6.07) is 2.19. The first-order chi connectivity index (χ1) is 8.69. The Morgan fingerprint density at radius 3 is 2.72 bits per heavy atom. The summed E-state index contributed by atoms with van der Waals surface area (Å²) in [6.07, 6.45) is 4.68. The SMILES string of the molecule is CCC(CC)n1cc(C=O)c(-c2csc(Cl)c2)n1. The van der Waals surface area contributed by atoms with Crippen molar-refractivity contribution in [2.45, 2.75) is 32.7 Å². The van der Waals surface area contributed by atoms with Crippen LogP contribution in [0.4, 0.5) is 0 Å². The number of hydrogen-bond acceptors (Lipinski definition) is 3. The van der Waals surface area contributed by atoms with Crippen molar-refractivity contribution in [1.82, 2.24) is 9.78 Å². The maximum atomic E-state index is 11.1. The van der Waals surface area contributed by atoms with Gasteiger partial charge >= 0.3 is 0 Å². The maximum Gasteiger partial charge on any atom is 0.153 e. The molecule has 0 amide bonds. The van der Waals surface area contributed by atoms with Crippen LogP contribution in [0.5, 0.6) is 0 Å². The molecule has 0 spiro atoms. The van der Waals surface area contributed by atoms with Crippen LogP contribution in [0.2, 0.25) is 4.34 Å². The van der Waals surface area contributed by atoms with Crippen LogP contribution >= 0.6 is 22.9 Å². The van der Waals surface area contributed by atoms with Crippen LogP contribution in [-0.2, 0) is 0 Å². The number of rotatable bonds is 5. The van der Waals surface area contributed by atoms with Crippen LogP contribution in [0, 0.1) is 0 Å². The lowest BCUT2D eigenvalue weighted by Gasteiger charge is -2.12. The van der Waals surface area contributed by atoms with Crippen molar-refractivity contribution in [3.05, 3.63) is 27.5 Å². The van der Waals surface area contributed by atoms with Gasteiger partial charge in [-0.15, -0.1) is 11.3 Å². The minimum atomic E-state index is 0.339. The van der Waals surface area contributed by atoms with Gasteiger partial charge in [-0.1, -0.05) is 25.4 Å². The van der Waals surface area contributed by atoms with Crippen LogP contribution in [0.3, 0.4) is 0 Å². The predicted molar refractivity (Wildman–Crippen MR) is 75.6 cm³/mol. The van der Waals surface area contributed by atoms with Gasteiger partial charge in [-0.2, -0.15) is 5.10 Å².